The summed E-state index contributed by atoms with van der Waals surface area (Å²) < 4.78 is 6.88. The van der Waals surface area contributed by atoms with Crippen molar-refractivity contribution in [2.24, 2.45) is 5.92 Å². The summed E-state index contributed by atoms with van der Waals surface area (Å²) in [5.41, 5.74) is 18.5. The molecule has 64 heavy (non-hydrogen) atoms. The zero-order chi connectivity index (χ0) is 42.6. The van der Waals surface area contributed by atoms with Crippen molar-refractivity contribution in [3.8, 4) is 39.1 Å². The monoisotopic (exact) mass is 821 g/mol. The molecule has 0 fully saturated rings. The van der Waals surface area contributed by atoms with Crippen LogP contribution >= 0.6 is 0 Å². The van der Waals surface area contributed by atoms with Gasteiger partial charge in [-0.15, -0.1) is 0 Å². The molecule has 1 heterocycles. The normalized spacial score (nSPS) is 20.3. The van der Waals surface area contributed by atoms with Crippen molar-refractivity contribution >= 4 is 27.8 Å². The van der Waals surface area contributed by atoms with E-state index in [2.05, 4.69) is 231 Å². The number of hydrogen-bond acceptors (Lipinski definition) is 2. The van der Waals surface area contributed by atoms with Crippen LogP contribution in [-0.2, 0) is 10.8 Å². The molecule has 3 atom stereocenters. The van der Waals surface area contributed by atoms with E-state index in [4.69, 9.17) is 4.74 Å². The van der Waals surface area contributed by atoms with E-state index < -0.39 is 0 Å². The van der Waals surface area contributed by atoms with Gasteiger partial charge in [0.25, 0.3) is 0 Å². The fraction of sp³-hybridized carbons (Fsp3) is 0.129. The third kappa shape index (κ3) is 5.26. The summed E-state index contributed by atoms with van der Waals surface area (Å²) in [4.78, 5) is 2.48. The minimum absolute atomic E-state index is 0.0790. The van der Waals surface area contributed by atoms with E-state index in [9.17, 15) is 0 Å². The lowest BCUT2D eigenvalue weighted by Gasteiger charge is -2.44. The van der Waals surface area contributed by atoms with Crippen molar-refractivity contribution in [2.45, 2.75) is 43.4 Å². The smallest absolute Gasteiger partial charge is 0.131 e. The Kier molecular flexibility index (Phi) is 8.15. The molecule has 0 saturated carbocycles. The Morgan fingerprint density at radius 2 is 1.30 bits per heavy atom. The predicted octanol–water partition coefficient (Wildman–Crippen LogP) is 16.1. The van der Waals surface area contributed by atoms with E-state index >= 15 is 0 Å². The summed E-state index contributed by atoms with van der Waals surface area (Å²) in [6.45, 7) is 4.71. The van der Waals surface area contributed by atoms with Gasteiger partial charge in [0.15, 0.2) is 0 Å². The van der Waals surface area contributed by atoms with Crippen LogP contribution in [0.4, 0.5) is 17.1 Å². The fourth-order valence-corrected chi connectivity index (χ4v) is 12.2. The highest BCUT2D eigenvalue weighted by molar-refractivity contribution is 6.05. The Bertz CT molecular complexity index is 3340. The first-order chi connectivity index (χ1) is 31.5. The minimum Gasteiger partial charge on any atom is -0.461 e. The van der Waals surface area contributed by atoms with Crippen LogP contribution in [0.2, 0.25) is 0 Å². The minimum atomic E-state index is -0.347. The number of benzene rings is 8. The highest BCUT2D eigenvalue weighted by Gasteiger charge is 2.57. The number of rotatable bonds is 5. The molecule has 2 nitrogen and oxygen atoms in total. The van der Waals surface area contributed by atoms with Crippen LogP contribution in [0.3, 0.4) is 0 Å². The van der Waals surface area contributed by atoms with E-state index in [0.29, 0.717) is 5.92 Å². The quantitative estimate of drug-likeness (QED) is 0.171. The predicted molar refractivity (Wildman–Crippen MR) is 265 cm³/mol. The van der Waals surface area contributed by atoms with Gasteiger partial charge in [-0.05, 0) is 110 Å². The SMILES string of the molecule is CC1(C)c2ccccc2-c2cc(N(c3ccc(-c4ccc5c(c4)C4(C6=C(CCC=C6)O5)c5ccccc5C5C=CC=CC54)cc3)c3ccc4ccccc4c3-c3ccccc3)ccc21. The summed E-state index contributed by atoms with van der Waals surface area (Å²) in [6, 6.07) is 65.7. The van der Waals surface area contributed by atoms with Crippen LogP contribution in [0.15, 0.2) is 224 Å². The summed E-state index contributed by atoms with van der Waals surface area (Å²) in [6.07, 6.45) is 16.0. The van der Waals surface area contributed by atoms with Crippen molar-refractivity contribution in [1.82, 2.24) is 0 Å². The molecule has 306 valence electrons. The average Bonchev–Trinajstić information content (AvgIpc) is 3.77. The van der Waals surface area contributed by atoms with Crippen LogP contribution in [0.1, 0.15) is 60.4 Å². The Labute approximate surface area is 375 Å². The van der Waals surface area contributed by atoms with Crippen molar-refractivity contribution in [3.63, 3.8) is 0 Å². The lowest BCUT2D eigenvalue weighted by Crippen LogP contribution is -2.39. The van der Waals surface area contributed by atoms with E-state index in [1.165, 1.54) is 77.5 Å². The van der Waals surface area contributed by atoms with Gasteiger partial charge >= 0.3 is 0 Å². The van der Waals surface area contributed by atoms with Crippen LogP contribution in [-0.4, -0.2) is 0 Å². The molecule has 0 N–H and O–H groups in total. The zero-order valence-electron chi connectivity index (χ0n) is 36.1. The number of anilines is 3. The first kappa shape index (κ1) is 37.2. The zero-order valence-corrected chi connectivity index (χ0v) is 36.1. The number of hydrogen-bond donors (Lipinski definition) is 0. The number of fused-ring (bicyclic) bond motifs is 12. The maximum absolute atomic E-state index is 6.88. The van der Waals surface area contributed by atoms with Crippen LogP contribution in [0.5, 0.6) is 5.75 Å². The molecule has 8 aromatic carbocycles. The maximum atomic E-state index is 6.88. The van der Waals surface area contributed by atoms with Gasteiger partial charge in [0.05, 0.1) is 11.1 Å². The Balaban J connectivity index is 0.984. The molecule has 3 unspecified atom stereocenters. The first-order valence-electron chi connectivity index (χ1n) is 22.9. The largest absolute Gasteiger partial charge is 0.461 e. The van der Waals surface area contributed by atoms with Gasteiger partial charge in [-0.1, -0.05) is 184 Å². The molecule has 8 aromatic rings. The number of allylic oxidation sites excluding steroid dienone is 8. The van der Waals surface area contributed by atoms with Crippen LogP contribution < -0.4 is 9.64 Å². The van der Waals surface area contributed by atoms with E-state index in [1.54, 1.807) is 0 Å². The topological polar surface area (TPSA) is 12.5 Å². The second kappa shape index (κ2) is 14.0. The third-order valence-electron chi connectivity index (χ3n) is 15.1. The molecule has 13 rings (SSSR count). The first-order valence-corrected chi connectivity index (χ1v) is 22.9. The van der Waals surface area contributed by atoms with Gasteiger partial charge in [-0.3, -0.25) is 0 Å². The molecule has 0 bridgehead atoms. The van der Waals surface area contributed by atoms with Crippen molar-refractivity contribution < 1.29 is 4.74 Å². The van der Waals surface area contributed by atoms with Gasteiger partial charge in [0, 0.05) is 51.7 Å². The summed E-state index contributed by atoms with van der Waals surface area (Å²) in [7, 11) is 0. The summed E-state index contributed by atoms with van der Waals surface area (Å²) in [5, 5.41) is 2.46. The maximum Gasteiger partial charge on any atom is 0.131 e. The average molecular weight is 822 g/mol. The lowest BCUT2D eigenvalue weighted by atomic mass is 9.60. The summed E-state index contributed by atoms with van der Waals surface area (Å²) in [5.74, 6) is 2.65. The Hall–Kier alpha value is -7.42. The molecular formula is C62H47NO. The Morgan fingerprint density at radius 3 is 2.19 bits per heavy atom. The van der Waals surface area contributed by atoms with E-state index in [1.807, 2.05) is 0 Å². The number of nitrogens with zero attached hydrogens (tertiary/aromatic N) is 1. The van der Waals surface area contributed by atoms with Gasteiger partial charge < -0.3 is 9.64 Å². The third-order valence-corrected chi connectivity index (χ3v) is 15.1. The molecule has 4 aliphatic carbocycles. The van der Waals surface area contributed by atoms with Gasteiger partial charge in [-0.2, -0.15) is 0 Å². The fourth-order valence-electron chi connectivity index (χ4n) is 12.2. The van der Waals surface area contributed by atoms with Crippen molar-refractivity contribution in [1.29, 1.82) is 0 Å². The highest BCUT2D eigenvalue weighted by Crippen LogP contribution is 2.64. The van der Waals surface area contributed by atoms with Crippen LogP contribution in [0.25, 0.3) is 44.2 Å². The standard InChI is InChI=1S/C62H47NO/c1-61(2)51-23-11-8-22-49(51)50-39-45(34-35-52(50)61)63(57-36-30-41-16-6-7-19-46(41)60(57)42-17-4-3-5-18-42)44-32-28-40(29-33-44)43-31-37-59-56(38-43)62(55-26-14-15-27-58(55)64-59)53-24-12-9-20-47(53)48-21-10-13-25-54(48)62/h3-14,16-26,28-39,47,53H,15,27H2,1-2H3. The van der Waals surface area contributed by atoms with Crippen molar-refractivity contribution in [2.75, 3.05) is 4.90 Å². The highest BCUT2D eigenvalue weighted by atomic mass is 16.5. The lowest BCUT2D eigenvalue weighted by molar-refractivity contribution is 0.327. The molecular weight excluding hydrogens is 775 g/mol. The molecule has 0 amide bonds. The summed E-state index contributed by atoms with van der Waals surface area (Å²) >= 11 is 0. The molecule has 0 aromatic heterocycles. The molecule has 5 aliphatic rings. The molecule has 1 spiro atoms. The second-order valence-electron chi connectivity index (χ2n) is 18.6. The number of ether oxygens (including phenoxy) is 1. The second-order valence-corrected chi connectivity index (χ2v) is 18.6. The van der Waals surface area contributed by atoms with E-state index in [0.717, 1.165) is 41.4 Å². The molecule has 1 aliphatic heterocycles. The van der Waals surface area contributed by atoms with Crippen molar-refractivity contribution in [3.05, 3.63) is 252 Å². The molecule has 0 saturated heterocycles. The molecule has 0 radical (unpaired) electrons. The Morgan fingerprint density at radius 1 is 0.562 bits per heavy atom. The van der Waals surface area contributed by atoms with Gasteiger partial charge in [0.1, 0.15) is 11.5 Å². The molecule has 2 heteroatoms. The van der Waals surface area contributed by atoms with Crippen LogP contribution in [0, 0.1) is 5.92 Å². The van der Waals surface area contributed by atoms with E-state index in [-0.39, 0.29) is 16.7 Å². The van der Waals surface area contributed by atoms with Gasteiger partial charge in [-0.25, -0.2) is 0 Å². The van der Waals surface area contributed by atoms with Gasteiger partial charge in [0.2, 0.25) is 0 Å².